The number of rotatable bonds is 4. The van der Waals surface area contributed by atoms with Gasteiger partial charge >= 0.3 is 0 Å². The normalized spacial score (nSPS) is 10.3. The van der Waals surface area contributed by atoms with E-state index >= 15 is 0 Å². The van der Waals surface area contributed by atoms with Crippen LogP contribution in [0.1, 0.15) is 16.2 Å². The van der Waals surface area contributed by atoms with Crippen molar-refractivity contribution in [1.29, 1.82) is 0 Å². The minimum absolute atomic E-state index is 0.190. The van der Waals surface area contributed by atoms with Gasteiger partial charge in [-0.15, -0.1) is 0 Å². The number of hydrogen-bond acceptors (Lipinski definition) is 6. The Balaban J connectivity index is 1.77. The highest BCUT2D eigenvalue weighted by Crippen LogP contribution is 2.23. The maximum absolute atomic E-state index is 12.2. The zero-order valence-corrected chi connectivity index (χ0v) is 12.8. The molecule has 2 heterocycles. The molecule has 2 aromatic heterocycles. The molecule has 3 rings (SSSR count). The number of hydrogen-bond donors (Lipinski definition) is 2. The fraction of sp³-hybridized carbons (Fsp3) is 0.0667. The number of halogens is 1. The van der Waals surface area contributed by atoms with Crippen LogP contribution < -0.4 is 10.6 Å². The zero-order valence-electron chi connectivity index (χ0n) is 12.1. The quantitative estimate of drug-likeness (QED) is 0.761. The Kier molecular flexibility index (Phi) is 4.20. The number of carbonyl (C=O) groups excluding carboxylic acids is 1. The van der Waals surface area contributed by atoms with Gasteiger partial charge in [0.1, 0.15) is 23.6 Å². The van der Waals surface area contributed by atoms with Crippen molar-refractivity contribution in [3.63, 3.8) is 0 Å². The molecule has 0 atom stereocenters. The number of amides is 1. The Labute approximate surface area is 136 Å². The smallest absolute Gasteiger partial charge is 0.275 e. The Hall–Kier alpha value is -2.93. The monoisotopic (exact) mass is 329 g/mol. The van der Waals surface area contributed by atoms with Gasteiger partial charge in [0, 0.05) is 12.1 Å². The van der Waals surface area contributed by atoms with E-state index in [1.165, 1.54) is 12.4 Å². The lowest BCUT2D eigenvalue weighted by Gasteiger charge is -2.08. The number of aryl methyl sites for hydroxylation is 1. The number of para-hydroxylation sites is 1. The van der Waals surface area contributed by atoms with E-state index in [-0.39, 0.29) is 5.69 Å². The Morgan fingerprint density at radius 2 is 2.00 bits per heavy atom. The van der Waals surface area contributed by atoms with Crippen molar-refractivity contribution in [3.05, 3.63) is 59.2 Å². The van der Waals surface area contributed by atoms with Crippen molar-refractivity contribution < 1.29 is 9.32 Å². The standard InChI is InChI=1S/C15H12ClN5O2/c1-9-6-14(21-23-9)20-15(22)12-7-13(18-8-17-12)19-11-5-3-2-4-10(11)16/h2-8H,1H3,(H,17,18,19)(H,20,21,22). The highest BCUT2D eigenvalue weighted by atomic mass is 35.5. The Morgan fingerprint density at radius 3 is 2.74 bits per heavy atom. The summed E-state index contributed by atoms with van der Waals surface area (Å²) in [5, 5.41) is 9.88. The number of anilines is 3. The summed E-state index contributed by atoms with van der Waals surface area (Å²) in [6.07, 6.45) is 1.29. The molecule has 0 bridgehead atoms. The van der Waals surface area contributed by atoms with Gasteiger partial charge < -0.3 is 15.2 Å². The summed E-state index contributed by atoms with van der Waals surface area (Å²) in [4.78, 5) is 20.2. The summed E-state index contributed by atoms with van der Waals surface area (Å²) in [5.74, 6) is 0.966. The molecule has 1 aromatic carbocycles. The molecule has 0 aliphatic carbocycles. The number of carbonyl (C=O) groups is 1. The third kappa shape index (κ3) is 3.64. The van der Waals surface area contributed by atoms with Crippen molar-refractivity contribution in [2.24, 2.45) is 0 Å². The lowest BCUT2D eigenvalue weighted by Crippen LogP contribution is -2.14. The average Bonchev–Trinajstić information content (AvgIpc) is 2.95. The molecule has 23 heavy (non-hydrogen) atoms. The predicted molar refractivity (Wildman–Crippen MR) is 86.0 cm³/mol. The van der Waals surface area contributed by atoms with Crippen LogP contribution in [0.5, 0.6) is 0 Å². The number of nitrogens with one attached hydrogen (secondary N) is 2. The molecule has 0 unspecified atom stereocenters. The third-order valence-corrected chi connectivity index (χ3v) is 3.24. The van der Waals surface area contributed by atoms with Crippen LogP contribution in [0, 0.1) is 6.92 Å². The molecule has 0 spiro atoms. The van der Waals surface area contributed by atoms with E-state index in [1.807, 2.05) is 18.2 Å². The molecule has 0 saturated heterocycles. The zero-order chi connectivity index (χ0) is 16.2. The highest BCUT2D eigenvalue weighted by molar-refractivity contribution is 6.33. The van der Waals surface area contributed by atoms with Crippen molar-refractivity contribution in [3.8, 4) is 0 Å². The van der Waals surface area contributed by atoms with Crippen LogP contribution in [-0.2, 0) is 0 Å². The fourth-order valence-corrected chi connectivity index (χ4v) is 2.04. The lowest BCUT2D eigenvalue weighted by molar-refractivity contribution is 0.102. The second-order valence-electron chi connectivity index (χ2n) is 4.67. The van der Waals surface area contributed by atoms with Gasteiger partial charge in [0.05, 0.1) is 10.7 Å². The molecular weight excluding hydrogens is 318 g/mol. The molecule has 116 valence electrons. The molecule has 1 amide bonds. The minimum atomic E-state index is -0.414. The van der Waals surface area contributed by atoms with Crippen molar-refractivity contribution in [2.45, 2.75) is 6.92 Å². The molecule has 0 saturated carbocycles. The van der Waals surface area contributed by atoms with E-state index in [9.17, 15) is 4.79 Å². The van der Waals surface area contributed by atoms with E-state index in [1.54, 1.807) is 19.1 Å². The van der Waals surface area contributed by atoms with E-state index in [0.717, 1.165) is 0 Å². The van der Waals surface area contributed by atoms with Gasteiger partial charge in [-0.25, -0.2) is 9.97 Å². The SMILES string of the molecule is Cc1cc(NC(=O)c2cc(Nc3ccccc3Cl)ncn2)no1. The number of nitrogens with zero attached hydrogens (tertiary/aromatic N) is 3. The Bertz CT molecular complexity index is 849. The number of aromatic nitrogens is 3. The molecule has 8 heteroatoms. The van der Waals surface area contributed by atoms with Crippen molar-refractivity contribution >= 4 is 34.8 Å². The summed E-state index contributed by atoms with van der Waals surface area (Å²) in [6.45, 7) is 1.74. The summed E-state index contributed by atoms with van der Waals surface area (Å²) in [5.41, 5.74) is 0.876. The van der Waals surface area contributed by atoms with E-state index in [0.29, 0.717) is 28.1 Å². The maximum atomic E-state index is 12.2. The molecule has 7 nitrogen and oxygen atoms in total. The first-order chi connectivity index (χ1) is 11.1. The molecule has 2 N–H and O–H groups in total. The molecule has 3 aromatic rings. The van der Waals surface area contributed by atoms with Crippen LogP contribution in [0.3, 0.4) is 0 Å². The molecule has 0 fully saturated rings. The summed E-state index contributed by atoms with van der Waals surface area (Å²) >= 11 is 6.08. The van der Waals surface area contributed by atoms with Crippen LogP contribution in [0.25, 0.3) is 0 Å². The van der Waals surface area contributed by atoms with Gasteiger partial charge in [-0.05, 0) is 19.1 Å². The first-order valence-electron chi connectivity index (χ1n) is 6.70. The second-order valence-corrected chi connectivity index (χ2v) is 5.08. The first-order valence-corrected chi connectivity index (χ1v) is 7.08. The van der Waals surface area contributed by atoms with Gasteiger partial charge in [-0.1, -0.05) is 28.9 Å². The molecule has 0 radical (unpaired) electrons. The van der Waals surface area contributed by atoms with Gasteiger partial charge in [0.2, 0.25) is 0 Å². The first kappa shape index (κ1) is 15.0. The summed E-state index contributed by atoms with van der Waals surface area (Å²) in [6, 6.07) is 10.4. The van der Waals surface area contributed by atoms with E-state index in [4.69, 9.17) is 16.1 Å². The van der Waals surface area contributed by atoms with E-state index in [2.05, 4.69) is 25.8 Å². The fourth-order valence-electron chi connectivity index (χ4n) is 1.86. The van der Waals surface area contributed by atoms with Crippen LogP contribution in [0.4, 0.5) is 17.3 Å². The van der Waals surface area contributed by atoms with Gasteiger partial charge in [0.15, 0.2) is 5.82 Å². The largest absolute Gasteiger partial charge is 0.360 e. The molecular formula is C15H12ClN5O2. The van der Waals surface area contributed by atoms with E-state index < -0.39 is 5.91 Å². The molecule has 0 aliphatic rings. The van der Waals surface area contributed by atoms with Crippen LogP contribution in [0.15, 0.2) is 47.2 Å². The highest BCUT2D eigenvalue weighted by Gasteiger charge is 2.12. The van der Waals surface area contributed by atoms with Gasteiger partial charge in [-0.3, -0.25) is 4.79 Å². The lowest BCUT2D eigenvalue weighted by atomic mass is 10.3. The van der Waals surface area contributed by atoms with Crippen molar-refractivity contribution in [1.82, 2.24) is 15.1 Å². The van der Waals surface area contributed by atoms with Crippen LogP contribution in [0.2, 0.25) is 5.02 Å². The predicted octanol–water partition coefficient (Wildman–Crippen LogP) is 3.42. The average molecular weight is 330 g/mol. The van der Waals surface area contributed by atoms with Crippen LogP contribution in [-0.4, -0.2) is 21.0 Å². The Morgan fingerprint density at radius 1 is 1.17 bits per heavy atom. The summed E-state index contributed by atoms with van der Waals surface area (Å²) < 4.78 is 4.89. The molecule has 0 aliphatic heterocycles. The summed E-state index contributed by atoms with van der Waals surface area (Å²) in [7, 11) is 0. The van der Waals surface area contributed by atoms with Crippen LogP contribution >= 0.6 is 11.6 Å². The topological polar surface area (TPSA) is 92.9 Å². The van der Waals surface area contributed by atoms with Crippen molar-refractivity contribution in [2.75, 3.05) is 10.6 Å². The van der Waals surface area contributed by atoms with Gasteiger partial charge in [0.25, 0.3) is 5.91 Å². The number of benzene rings is 1. The minimum Gasteiger partial charge on any atom is -0.360 e. The van der Waals surface area contributed by atoms with Gasteiger partial charge in [-0.2, -0.15) is 0 Å². The second kappa shape index (κ2) is 6.45. The third-order valence-electron chi connectivity index (χ3n) is 2.91. The maximum Gasteiger partial charge on any atom is 0.275 e.